The molecular weight excluding hydrogens is 755 g/mol. The molecule has 0 spiro atoms. The maximum absolute atomic E-state index is 14.7. The molecule has 0 aliphatic carbocycles. The Bertz CT molecular complexity index is 2210. The van der Waals surface area contributed by atoms with E-state index in [1.807, 2.05) is 102 Å². The first-order valence-electron chi connectivity index (χ1n) is 18.5. The second kappa shape index (κ2) is 16.5. The fourth-order valence-electron chi connectivity index (χ4n) is 6.86. The number of methoxy groups -OCH3 is 2. The molecule has 2 atom stereocenters. The van der Waals surface area contributed by atoms with Gasteiger partial charge in [-0.15, -0.1) is 0 Å². The Balaban J connectivity index is 1.53. The fourth-order valence-corrected chi connectivity index (χ4v) is 7.15. The van der Waals surface area contributed by atoms with E-state index in [9.17, 15) is 9.59 Å². The van der Waals surface area contributed by atoms with Gasteiger partial charge in [-0.25, -0.2) is 29.1 Å². The smallest absolute Gasteiger partial charge is 0.410 e. The van der Waals surface area contributed by atoms with E-state index >= 15 is 0 Å². The van der Waals surface area contributed by atoms with Crippen molar-refractivity contribution in [2.75, 3.05) is 37.1 Å². The second-order valence-corrected chi connectivity index (χ2v) is 16.1. The van der Waals surface area contributed by atoms with Crippen LogP contribution in [0.1, 0.15) is 71.2 Å². The number of aromatic nitrogens is 5. The summed E-state index contributed by atoms with van der Waals surface area (Å²) < 4.78 is 18.0. The highest BCUT2D eigenvalue weighted by atomic mass is 35.5. The van der Waals surface area contributed by atoms with Crippen molar-refractivity contribution in [3.05, 3.63) is 98.4 Å². The third-order valence-corrected chi connectivity index (χ3v) is 10.3. The average molecular weight is 804 g/mol. The molecule has 0 N–H and O–H groups in total. The van der Waals surface area contributed by atoms with Gasteiger partial charge in [-0.2, -0.15) is 4.98 Å². The van der Waals surface area contributed by atoms with Crippen molar-refractivity contribution < 1.29 is 19.0 Å². The van der Waals surface area contributed by atoms with E-state index in [2.05, 4.69) is 4.90 Å². The molecule has 2 aromatic carbocycles. The molecule has 0 unspecified atom stereocenters. The van der Waals surface area contributed by atoms with E-state index < -0.39 is 17.4 Å². The van der Waals surface area contributed by atoms with Crippen molar-refractivity contribution in [3.63, 3.8) is 0 Å². The molecule has 1 fully saturated rings. The maximum atomic E-state index is 14.7. The molecule has 1 aliphatic heterocycles. The summed E-state index contributed by atoms with van der Waals surface area (Å²) in [5.74, 6) is 2.21. The number of halogens is 2. The summed E-state index contributed by atoms with van der Waals surface area (Å²) in [5.41, 5.74) is 2.03. The van der Waals surface area contributed by atoms with Crippen molar-refractivity contribution in [2.24, 2.45) is 0 Å². The Kier molecular flexibility index (Phi) is 12.0. The van der Waals surface area contributed by atoms with E-state index in [0.29, 0.717) is 54.6 Å². The number of carbonyl (C=O) groups is 1. The third-order valence-electron chi connectivity index (χ3n) is 9.61. The van der Waals surface area contributed by atoms with Gasteiger partial charge >= 0.3 is 11.8 Å². The number of carbonyl (C=O) groups excluding carboxylic acids is 1. The lowest BCUT2D eigenvalue weighted by Gasteiger charge is -2.44. The lowest BCUT2D eigenvalue weighted by atomic mass is 10.1. The molecular formula is C41H48Cl2N8O5. The van der Waals surface area contributed by atoms with Gasteiger partial charge in [0.1, 0.15) is 40.1 Å². The molecule has 5 aromatic rings. The van der Waals surface area contributed by atoms with Crippen LogP contribution in [0.4, 0.5) is 16.4 Å². The van der Waals surface area contributed by atoms with Crippen LogP contribution in [0.2, 0.25) is 10.2 Å². The minimum atomic E-state index is -0.644. The number of hydrogen-bond acceptors (Lipinski definition) is 11. The summed E-state index contributed by atoms with van der Waals surface area (Å²) in [6, 6.07) is 16.8. The Morgan fingerprint density at radius 2 is 1.48 bits per heavy atom. The molecule has 13 nitrogen and oxygen atoms in total. The van der Waals surface area contributed by atoms with E-state index in [4.69, 9.17) is 57.3 Å². The van der Waals surface area contributed by atoms with Crippen molar-refractivity contribution in [2.45, 2.75) is 85.2 Å². The number of ether oxygens (including phenoxy) is 3. The first-order valence-corrected chi connectivity index (χ1v) is 19.2. The highest BCUT2D eigenvalue weighted by Gasteiger charge is 2.37. The summed E-state index contributed by atoms with van der Waals surface area (Å²) in [6.07, 6.45) is 1.12. The van der Waals surface area contributed by atoms with Crippen LogP contribution in [0.5, 0.6) is 11.5 Å². The van der Waals surface area contributed by atoms with Crippen LogP contribution >= 0.6 is 23.2 Å². The van der Waals surface area contributed by atoms with Crippen LogP contribution in [0.15, 0.2) is 65.7 Å². The molecule has 0 saturated carbocycles. The number of amides is 1. The van der Waals surface area contributed by atoms with Gasteiger partial charge in [-0.3, -0.25) is 0 Å². The van der Waals surface area contributed by atoms with E-state index in [-0.39, 0.29) is 33.8 Å². The summed E-state index contributed by atoms with van der Waals surface area (Å²) in [6.45, 7) is 15.0. The van der Waals surface area contributed by atoms with Crippen molar-refractivity contribution in [1.29, 1.82) is 0 Å². The summed E-state index contributed by atoms with van der Waals surface area (Å²) in [7, 11) is 3.26. The Hall–Kier alpha value is -5.14. The number of rotatable bonds is 10. The zero-order chi connectivity index (χ0) is 40.5. The zero-order valence-electron chi connectivity index (χ0n) is 33.2. The first-order chi connectivity index (χ1) is 26.6. The molecule has 6 rings (SSSR count). The zero-order valence-corrected chi connectivity index (χ0v) is 34.7. The molecule has 1 saturated heterocycles. The first kappa shape index (κ1) is 40.5. The number of benzene rings is 2. The topological polar surface area (TPSA) is 128 Å². The van der Waals surface area contributed by atoms with Crippen LogP contribution in [-0.2, 0) is 17.8 Å². The fraction of sp³-hybridized carbons (Fsp3) is 0.415. The van der Waals surface area contributed by atoms with Gasteiger partial charge in [0, 0.05) is 38.3 Å². The van der Waals surface area contributed by atoms with Gasteiger partial charge in [0.05, 0.1) is 30.3 Å². The minimum Gasteiger partial charge on any atom is -0.497 e. The molecule has 56 heavy (non-hydrogen) atoms. The largest absolute Gasteiger partial charge is 0.497 e. The van der Waals surface area contributed by atoms with Crippen LogP contribution in [-0.4, -0.2) is 80.5 Å². The van der Waals surface area contributed by atoms with Gasteiger partial charge in [0.15, 0.2) is 11.5 Å². The summed E-state index contributed by atoms with van der Waals surface area (Å²) in [4.78, 5) is 52.8. The molecule has 1 amide bonds. The van der Waals surface area contributed by atoms with Gasteiger partial charge in [0.2, 0.25) is 0 Å². The Labute approximate surface area is 337 Å². The normalized spacial score (nSPS) is 16.0. The Morgan fingerprint density at radius 1 is 0.893 bits per heavy atom. The quantitative estimate of drug-likeness (QED) is 0.127. The maximum Gasteiger partial charge on any atom is 0.410 e. The molecule has 296 valence electrons. The number of anilines is 2. The predicted octanol–water partition coefficient (Wildman–Crippen LogP) is 8.06. The van der Waals surface area contributed by atoms with E-state index in [1.54, 1.807) is 25.2 Å². The molecule has 1 aliphatic rings. The van der Waals surface area contributed by atoms with Crippen molar-refractivity contribution >= 4 is 52.0 Å². The predicted molar refractivity (Wildman–Crippen MR) is 220 cm³/mol. The van der Waals surface area contributed by atoms with E-state index in [1.165, 1.54) is 10.9 Å². The van der Waals surface area contributed by atoms with Gasteiger partial charge in [-0.1, -0.05) is 61.3 Å². The van der Waals surface area contributed by atoms with Crippen LogP contribution in [0.3, 0.4) is 0 Å². The minimum absolute atomic E-state index is 0.0263. The average Bonchev–Trinajstić information content (AvgIpc) is 3.15. The molecule has 4 heterocycles. The number of fused-ring (bicyclic) bond motifs is 1. The molecule has 3 aromatic heterocycles. The van der Waals surface area contributed by atoms with Gasteiger partial charge in [0.25, 0.3) is 0 Å². The number of hydrogen-bond donors (Lipinski definition) is 0. The SMILES string of the molecule is COc1ccc(CN(Cc2ccc(OC)cc2)c2ncnc(C(C)C)c2-n2c(=O)nc(N3C[C@@H](C)N(C(=O)OC(C)(C)C)C[C@@H]3C)c3cc(Cl)c(Cl)nc32)cc1. The van der Waals surface area contributed by atoms with Crippen molar-refractivity contribution in [3.8, 4) is 17.2 Å². The third kappa shape index (κ3) is 8.63. The Morgan fingerprint density at radius 3 is 2.02 bits per heavy atom. The number of nitrogens with zero attached hydrogens (tertiary/aromatic N) is 8. The van der Waals surface area contributed by atoms with Crippen LogP contribution in [0.25, 0.3) is 16.7 Å². The molecule has 0 radical (unpaired) electrons. The lowest BCUT2D eigenvalue weighted by molar-refractivity contribution is 0.0130. The van der Waals surface area contributed by atoms with Gasteiger partial charge < -0.3 is 28.9 Å². The van der Waals surface area contributed by atoms with Crippen LogP contribution in [0, 0.1) is 0 Å². The van der Waals surface area contributed by atoms with Gasteiger partial charge in [-0.05, 0) is 82.0 Å². The highest BCUT2D eigenvalue weighted by molar-refractivity contribution is 6.41. The van der Waals surface area contributed by atoms with E-state index in [0.717, 1.165) is 22.6 Å². The lowest BCUT2D eigenvalue weighted by Crippen LogP contribution is -2.59. The molecule has 15 heteroatoms. The monoisotopic (exact) mass is 802 g/mol. The number of piperazine rings is 1. The summed E-state index contributed by atoms with van der Waals surface area (Å²) >= 11 is 13.3. The van der Waals surface area contributed by atoms with Crippen LogP contribution < -0.4 is 25.0 Å². The number of pyridine rings is 1. The standard InChI is InChI=1S/C41H48Cl2N8O5/c1-24(2)33-34(38(45-23-44-33)48(21-27-10-14-29(54-8)15-11-27)22-28-12-16-30(55-9)17-13-28)51-37-31(18-32(42)35(43)46-37)36(47-39(51)52)49-19-26(4)50(20-25(49)3)40(53)56-41(5,6)7/h10-18,23-26H,19-22H2,1-9H3/t25-,26+/m0/s1. The summed E-state index contributed by atoms with van der Waals surface area (Å²) in [5, 5.41) is 0.735. The second-order valence-electron chi connectivity index (χ2n) is 15.3. The molecule has 0 bridgehead atoms. The highest BCUT2D eigenvalue weighted by Crippen LogP contribution is 2.37. The van der Waals surface area contributed by atoms with Crippen molar-refractivity contribution in [1.82, 2.24) is 29.4 Å².